The first-order valence-electron chi connectivity index (χ1n) is 8.05. The van der Waals surface area contributed by atoms with Crippen molar-refractivity contribution in [3.63, 3.8) is 0 Å². The Kier molecular flexibility index (Phi) is 10.6. The molecule has 0 aromatic carbocycles. The fourth-order valence-corrected chi connectivity index (χ4v) is 4.22. The van der Waals surface area contributed by atoms with E-state index in [9.17, 15) is 33.1 Å². The number of oxime groups is 1. The van der Waals surface area contributed by atoms with Crippen LogP contribution in [0.2, 0.25) is 0 Å². The molecule has 1 fully saturated rings. The molecule has 5 N–H and O–H groups in total. The topological polar surface area (TPSA) is 183 Å². The molecule has 0 radical (unpaired) electrons. The Morgan fingerprint density at radius 3 is 2.41 bits per heavy atom. The summed E-state index contributed by atoms with van der Waals surface area (Å²) in [7, 11) is -5.75. The minimum atomic E-state index is -4.83. The first-order chi connectivity index (χ1) is 12.5. The van der Waals surface area contributed by atoms with Gasteiger partial charge in [0.25, 0.3) is 0 Å². The highest BCUT2D eigenvalue weighted by Gasteiger charge is 2.44. The number of aliphatic hydroxyl groups excluding tert-OH is 4. The molecule has 1 heterocycles. The zero-order valence-corrected chi connectivity index (χ0v) is 17.0. The molecule has 6 atom stereocenters. The zero-order chi connectivity index (χ0) is 20.6. The van der Waals surface area contributed by atoms with Crippen molar-refractivity contribution in [1.82, 2.24) is 0 Å². The summed E-state index contributed by atoms with van der Waals surface area (Å²) in [5.41, 5.74) is -1.16. The first kappa shape index (κ1) is 24.7. The number of ether oxygens (including phenoxy) is 1. The normalized spacial score (nSPS) is 30.9. The summed E-state index contributed by atoms with van der Waals surface area (Å²) in [6, 6.07) is 0. The lowest BCUT2D eigenvalue weighted by atomic mass is 10.0. The summed E-state index contributed by atoms with van der Waals surface area (Å²) in [5.74, 6) is 0.522. The van der Waals surface area contributed by atoms with Gasteiger partial charge in [-0.05, 0) is 19.3 Å². The first-order valence-corrected chi connectivity index (χ1v) is 12.0. The summed E-state index contributed by atoms with van der Waals surface area (Å²) in [4.78, 5) is 0. The van der Waals surface area contributed by atoms with E-state index in [-0.39, 0.29) is 11.5 Å². The molecule has 0 bridgehead atoms. The van der Waals surface area contributed by atoms with E-state index in [1.807, 2.05) is 0 Å². The van der Waals surface area contributed by atoms with Gasteiger partial charge in [0.2, 0.25) is 0 Å². The third-order valence-electron chi connectivity index (χ3n) is 3.66. The SMILES string of the molecule is C[S@@](=O)CCCCC/C(=N\OS(=O)(=O)O)S[C@@H]1O[C@H](CO)[C@@H](O)[C@H](O)[C@H]1O. The molecule has 14 heteroatoms. The smallest absolute Gasteiger partial charge is 0.394 e. The fourth-order valence-electron chi connectivity index (χ4n) is 2.27. The summed E-state index contributed by atoms with van der Waals surface area (Å²) >= 11 is 0.739. The average molecular weight is 452 g/mol. The second-order valence-corrected chi connectivity index (χ2v) is 9.62. The van der Waals surface area contributed by atoms with E-state index in [0.717, 1.165) is 11.8 Å². The maximum atomic E-state index is 11.0. The van der Waals surface area contributed by atoms with Crippen molar-refractivity contribution >= 4 is 38.0 Å². The Bertz CT molecular complexity index is 611. The van der Waals surface area contributed by atoms with E-state index >= 15 is 0 Å². The Morgan fingerprint density at radius 1 is 1.19 bits per heavy atom. The van der Waals surface area contributed by atoms with Crippen LogP contribution in [0, 0.1) is 0 Å². The molecule has 0 aromatic heterocycles. The maximum Gasteiger partial charge on any atom is 0.466 e. The molecule has 1 saturated heterocycles. The van der Waals surface area contributed by atoms with Crippen LogP contribution in [-0.2, 0) is 30.2 Å². The Balaban J connectivity index is 2.75. The molecule has 0 aromatic rings. The van der Waals surface area contributed by atoms with Crippen LogP contribution in [0.15, 0.2) is 5.16 Å². The number of nitrogens with zero attached hydrogens (tertiary/aromatic N) is 1. The van der Waals surface area contributed by atoms with Crippen LogP contribution in [0.1, 0.15) is 25.7 Å². The quantitative estimate of drug-likeness (QED) is 0.0864. The molecule has 160 valence electrons. The van der Waals surface area contributed by atoms with Crippen molar-refractivity contribution in [2.45, 2.75) is 55.5 Å². The van der Waals surface area contributed by atoms with Gasteiger partial charge in [-0.1, -0.05) is 23.3 Å². The van der Waals surface area contributed by atoms with Crippen LogP contribution in [-0.4, -0.2) is 91.1 Å². The number of rotatable bonds is 10. The van der Waals surface area contributed by atoms with E-state index in [1.54, 1.807) is 6.26 Å². The molecular formula is C13H25NO10S3. The summed E-state index contributed by atoms with van der Waals surface area (Å²) in [5, 5.41) is 42.2. The number of aliphatic hydroxyl groups is 4. The molecule has 1 aliphatic heterocycles. The predicted octanol–water partition coefficient (Wildman–Crippen LogP) is -1.41. The fraction of sp³-hybridized carbons (Fsp3) is 0.923. The molecule has 27 heavy (non-hydrogen) atoms. The lowest BCUT2D eigenvalue weighted by molar-refractivity contribution is -0.205. The van der Waals surface area contributed by atoms with Crippen LogP contribution in [0.3, 0.4) is 0 Å². The molecular weight excluding hydrogens is 426 g/mol. The third kappa shape index (κ3) is 9.15. The van der Waals surface area contributed by atoms with Crippen molar-refractivity contribution < 1.29 is 46.6 Å². The second kappa shape index (κ2) is 11.6. The van der Waals surface area contributed by atoms with Gasteiger partial charge in [0.15, 0.2) is 0 Å². The average Bonchev–Trinajstić information content (AvgIpc) is 2.58. The molecule has 0 saturated carbocycles. The third-order valence-corrected chi connectivity index (χ3v) is 5.96. The number of hydrogen-bond donors (Lipinski definition) is 5. The standard InChI is InChI=1S/C13H25NO10S3/c1-26(19)6-4-2-3-5-9(14-24-27(20,21)22)25-13-12(18)11(17)10(16)8(7-15)23-13/h8,10-13,15-18H,2-7H2,1H3,(H,20,21,22)/b14-9+/t8-,10-,11+,12-,13+,26-/m1/s1. The van der Waals surface area contributed by atoms with Gasteiger partial charge in [-0.25, -0.2) is 4.28 Å². The van der Waals surface area contributed by atoms with Crippen LogP contribution in [0.25, 0.3) is 0 Å². The molecule has 0 unspecified atom stereocenters. The molecule has 0 spiro atoms. The largest absolute Gasteiger partial charge is 0.466 e. The summed E-state index contributed by atoms with van der Waals surface area (Å²) in [6.07, 6.45) is -2.11. The predicted molar refractivity (Wildman–Crippen MR) is 98.8 cm³/mol. The van der Waals surface area contributed by atoms with Crippen molar-refractivity contribution in [1.29, 1.82) is 0 Å². The van der Waals surface area contributed by atoms with E-state index < -0.39 is 57.7 Å². The summed E-state index contributed by atoms with van der Waals surface area (Å²) in [6.45, 7) is -0.607. The molecule has 11 nitrogen and oxygen atoms in total. The van der Waals surface area contributed by atoms with Crippen LogP contribution < -0.4 is 0 Å². The van der Waals surface area contributed by atoms with E-state index in [4.69, 9.17) is 9.29 Å². The Labute approximate surface area is 164 Å². The van der Waals surface area contributed by atoms with Crippen molar-refractivity contribution in [2.24, 2.45) is 5.16 Å². The van der Waals surface area contributed by atoms with Gasteiger partial charge < -0.3 is 25.2 Å². The van der Waals surface area contributed by atoms with Crippen LogP contribution in [0.5, 0.6) is 0 Å². The van der Waals surface area contributed by atoms with Crippen molar-refractivity contribution in [3.8, 4) is 0 Å². The highest BCUT2D eigenvalue weighted by Crippen LogP contribution is 2.30. The molecule has 1 aliphatic rings. The number of thioether (sulfide) groups is 1. The van der Waals surface area contributed by atoms with Gasteiger partial charge in [-0.2, -0.15) is 8.42 Å². The Morgan fingerprint density at radius 2 is 1.85 bits per heavy atom. The minimum Gasteiger partial charge on any atom is -0.394 e. The van der Waals surface area contributed by atoms with Gasteiger partial charge in [-0.15, -0.1) is 0 Å². The molecule has 0 amide bonds. The number of hydrogen-bond acceptors (Lipinski definition) is 11. The van der Waals surface area contributed by atoms with Crippen LogP contribution >= 0.6 is 11.8 Å². The lowest BCUT2D eigenvalue weighted by Crippen LogP contribution is -2.57. The second-order valence-electron chi connectivity index (χ2n) is 5.89. The van der Waals surface area contributed by atoms with Gasteiger partial charge in [-0.3, -0.25) is 8.76 Å². The van der Waals surface area contributed by atoms with Crippen molar-refractivity contribution in [2.75, 3.05) is 18.6 Å². The molecule has 1 rings (SSSR count). The highest BCUT2D eigenvalue weighted by atomic mass is 32.3. The van der Waals surface area contributed by atoms with E-state index in [2.05, 4.69) is 9.44 Å². The minimum absolute atomic E-state index is 0.0505. The van der Waals surface area contributed by atoms with Gasteiger partial charge in [0.05, 0.1) is 6.61 Å². The van der Waals surface area contributed by atoms with Gasteiger partial charge in [0.1, 0.15) is 34.9 Å². The van der Waals surface area contributed by atoms with Gasteiger partial charge in [0, 0.05) is 22.8 Å². The lowest BCUT2D eigenvalue weighted by Gasteiger charge is -2.39. The monoisotopic (exact) mass is 451 g/mol. The van der Waals surface area contributed by atoms with E-state index in [1.165, 1.54) is 0 Å². The van der Waals surface area contributed by atoms with E-state index in [0.29, 0.717) is 25.0 Å². The maximum absolute atomic E-state index is 11.0. The Hall–Kier alpha value is -0.320. The summed E-state index contributed by atoms with van der Waals surface area (Å²) < 4.78 is 50.5. The van der Waals surface area contributed by atoms with Crippen molar-refractivity contribution in [3.05, 3.63) is 0 Å². The van der Waals surface area contributed by atoms with Gasteiger partial charge >= 0.3 is 10.4 Å². The highest BCUT2D eigenvalue weighted by molar-refractivity contribution is 8.14. The van der Waals surface area contributed by atoms with Crippen LogP contribution in [0.4, 0.5) is 0 Å². The number of unbranched alkanes of at least 4 members (excludes halogenated alkanes) is 2. The zero-order valence-electron chi connectivity index (χ0n) is 14.6. The molecule has 0 aliphatic carbocycles.